The minimum atomic E-state index is -0.644. The molecule has 0 spiro atoms. The highest BCUT2D eigenvalue weighted by Gasteiger charge is 2.36. The lowest BCUT2D eigenvalue weighted by Gasteiger charge is -2.37. The Bertz CT molecular complexity index is 1120. The summed E-state index contributed by atoms with van der Waals surface area (Å²) >= 11 is 5.53. The largest absolute Gasteiger partial charge is 0.454 e. The van der Waals surface area contributed by atoms with Crippen molar-refractivity contribution >= 4 is 34.8 Å². The summed E-state index contributed by atoms with van der Waals surface area (Å²) in [5.74, 6) is 0.314. The summed E-state index contributed by atoms with van der Waals surface area (Å²) in [6, 6.07) is 10.6. The zero-order valence-electron chi connectivity index (χ0n) is 19.1. The maximum absolute atomic E-state index is 13.2. The monoisotopic (exact) mass is 498 g/mol. The Labute approximate surface area is 208 Å². The van der Waals surface area contributed by atoms with Crippen LogP contribution >= 0.6 is 12.2 Å². The van der Waals surface area contributed by atoms with E-state index in [1.807, 2.05) is 4.90 Å². The second-order valence-corrected chi connectivity index (χ2v) is 9.45. The fourth-order valence-corrected chi connectivity index (χ4v) is 4.65. The van der Waals surface area contributed by atoms with Gasteiger partial charge in [-0.05, 0) is 86.3 Å². The third-order valence-electron chi connectivity index (χ3n) is 6.52. The van der Waals surface area contributed by atoms with Crippen molar-refractivity contribution in [2.45, 2.75) is 37.8 Å². The maximum Gasteiger partial charge on any atom is 0.252 e. The predicted octanol–water partition coefficient (Wildman–Crippen LogP) is 3.04. The number of carbonyl (C=O) groups excluding carboxylic acids is 2. The predicted molar refractivity (Wildman–Crippen MR) is 132 cm³/mol. The van der Waals surface area contributed by atoms with Gasteiger partial charge >= 0.3 is 0 Å². The average molecular weight is 499 g/mol. The molecule has 1 unspecified atom stereocenters. The van der Waals surface area contributed by atoms with Crippen LogP contribution < -0.4 is 25.4 Å². The Balaban J connectivity index is 1.22. The number of rotatable bonds is 6. The molecule has 2 aliphatic heterocycles. The van der Waals surface area contributed by atoms with Gasteiger partial charge in [-0.3, -0.25) is 9.59 Å². The number of hydrogen-bond acceptors (Lipinski definition) is 5. The summed E-state index contributed by atoms with van der Waals surface area (Å²) in [6.45, 7) is 1.42. The van der Waals surface area contributed by atoms with Gasteiger partial charge in [0.05, 0.1) is 0 Å². The highest BCUT2D eigenvalue weighted by molar-refractivity contribution is 7.80. The lowest BCUT2D eigenvalue weighted by atomic mass is 9.88. The third-order valence-corrected chi connectivity index (χ3v) is 6.88. The van der Waals surface area contributed by atoms with Crippen molar-refractivity contribution < 1.29 is 23.5 Å². The van der Waals surface area contributed by atoms with Gasteiger partial charge in [0, 0.05) is 30.4 Å². The number of fused-ring (bicyclic) bond motifs is 1. The number of piperidine rings is 1. The quantitative estimate of drug-likeness (QED) is 0.528. The van der Waals surface area contributed by atoms with E-state index in [0.29, 0.717) is 48.1 Å². The number of amides is 2. The smallest absolute Gasteiger partial charge is 0.252 e. The summed E-state index contributed by atoms with van der Waals surface area (Å²) in [4.78, 5) is 28.2. The van der Waals surface area contributed by atoms with Crippen LogP contribution in [0.25, 0.3) is 0 Å². The van der Waals surface area contributed by atoms with Crippen LogP contribution in [-0.4, -0.2) is 53.8 Å². The molecule has 2 aromatic rings. The Hall–Kier alpha value is -3.40. The molecule has 1 atom stereocenters. The molecule has 2 fully saturated rings. The molecular formula is C25H27FN4O4S. The van der Waals surface area contributed by atoms with E-state index in [9.17, 15) is 14.0 Å². The van der Waals surface area contributed by atoms with E-state index in [2.05, 4.69) is 16.0 Å². The minimum Gasteiger partial charge on any atom is -0.454 e. The standard InChI is InChI=1S/C25H27FN4O4S/c26-17-2-4-19(5-3-17)28-25(35)30-11-9-15(10-12-30)22(24(32)27-18-6-7-18)29-23(31)16-1-8-20-21(13-16)34-14-33-20/h1-5,8,13,15,18,22H,6-7,9-12,14H2,(H,27,32)(H,28,35)(H,29,31). The van der Waals surface area contributed by atoms with Gasteiger partial charge in [0.15, 0.2) is 16.6 Å². The normalized spacial score (nSPS) is 18.0. The summed E-state index contributed by atoms with van der Waals surface area (Å²) in [5, 5.41) is 9.69. The molecule has 0 radical (unpaired) electrons. The SMILES string of the molecule is O=C(NC(C(=O)NC1CC1)C1CCN(C(=S)Nc2ccc(F)cc2)CC1)c1ccc2c(c1)OCO2. The highest BCUT2D eigenvalue weighted by Crippen LogP contribution is 2.32. The molecule has 5 rings (SSSR count). The number of benzene rings is 2. The van der Waals surface area contributed by atoms with E-state index in [0.717, 1.165) is 18.5 Å². The first-order valence-electron chi connectivity index (χ1n) is 11.8. The Kier molecular flexibility index (Phi) is 6.72. The summed E-state index contributed by atoms with van der Waals surface area (Å²) in [7, 11) is 0. The van der Waals surface area contributed by atoms with Crippen molar-refractivity contribution in [2.24, 2.45) is 5.92 Å². The molecule has 2 aromatic carbocycles. The number of nitrogens with one attached hydrogen (secondary N) is 3. The molecule has 184 valence electrons. The number of anilines is 1. The van der Waals surface area contributed by atoms with E-state index in [1.54, 1.807) is 30.3 Å². The van der Waals surface area contributed by atoms with Gasteiger partial charge in [0.25, 0.3) is 5.91 Å². The lowest BCUT2D eigenvalue weighted by molar-refractivity contribution is -0.124. The molecule has 1 saturated heterocycles. The second-order valence-electron chi connectivity index (χ2n) is 9.06. The van der Waals surface area contributed by atoms with Gasteiger partial charge in [0.2, 0.25) is 12.7 Å². The molecule has 3 aliphatic rings. The molecule has 2 amide bonds. The van der Waals surface area contributed by atoms with Gasteiger partial charge in [-0.2, -0.15) is 0 Å². The van der Waals surface area contributed by atoms with E-state index >= 15 is 0 Å². The molecule has 0 aromatic heterocycles. The molecule has 2 heterocycles. The fourth-order valence-electron chi connectivity index (χ4n) is 4.35. The first-order valence-corrected chi connectivity index (χ1v) is 12.2. The van der Waals surface area contributed by atoms with Gasteiger partial charge in [-0.1, -0.05) is 0 Å². The van der Waals surface area contributed by atoms with Crippen LogP contribution in [0.15, 0.2) is 42.5 Å². The highest BCUT2D eigenvalue weighted by atomic mass is 32.1. The number of carbonyl (C=O) groups is 2. The number of ether oxygens (including phenoxy) is 2. The minimum absolute atomic E-state index is 0.0309. The van der Waals surface area contributed by atoms with Crippen LogP contribution in [0.2, 0.25) is 0 Å². The third kappa shape index (κ3) is 5.64. The van der Waals surface area contributed by atoms with Crippen molar-refractivity contribution in [3.63, 3.8) is 0 Å². The number of hydrogen-bond donors (Lipinski definition) is 3. The molecule has 3 N–H and O–H groups in total. The summed E-state index contributed by atoms with van der Waals surface area (Å²) in [6.07, 6.45) is 3.32. The fraction of sp³-hybridized carbons (Fsp3) is 0.400. The molecule has 0 bridgehead atoms. The average Bonchev–Trinajstić information content (AvgIpc) is 3.55. The number of likely N-dealkylation sites (tertiary alicyclic amines) is 1. The van der Waals surface area contributed by atoms with Crippen molar-refractivity contribution in [3.8, 4) is 11.5 Å². The molecule has 35 heavy (non-hydrogen) atoms. The van der Waals surface area contributed by atoms with Gasteiger partial charge in [-0.25, -0.2) is 4.39 Å². The van der Waals surface area contributed by atoms with Gasteiger partial charge in [-0.15, -0.1) is 0 Å². The zero-order chi connectivity index (χ0) is 24.4. The van der Waals surface area contributed by atoms with Crippen LogP contribution in [0, 0.1) is 11.7 Å². The van der Waals surface area contributed by atoms with Crippen molar-refractivity contribution in [1.82, 2.24) is 15.5 Å². The Morgan fingerprint density at radius 1 is 1.00 bits per heavy atom. The van der Waals surface area contributed by atoms with Crippen LogP contribution in [0.3, 0.4) is 0 Å². The lowest BCUT2D eigenvalue weighted by Crippen LogP contribution is -2.54. The van der Waals surface area contributed by atoms with Crippen LogP contribution in [0.5, 0.6) is 11.5 Å². The Morgan fingerprint density at radius 2 is 1.71 bits per heavy atom. The molecule has 1 saturated carbocycles. The molecular weight excluding hydrogens is 471 g/mol. The van der Waals surface area contributed by atoms with Crippen molar-refractivity contribution in [3.05, 3.63) is 53.8 Å². The molecule has 10 heteroatoms. The van der Waals surface area contributed by atoms with Crippen molar-refractivity contribution in [2.75, 3.05) is 25.2 Å². The number of nitrogens with zero attached hydrogens (tertiary/aromatic N) is 1. The van der Waals surface area contributed by atoms with Crippen LogP contribution in [0.4, 0.5) is 10.1 Å². The second kappa shape index (κ2) is 10.1. The van der Waals surface area contributed by atoms with Gasteiger partial charge in [0.1, 0.15) is 11.9 Å². The summed E-state index contributed by atoms with van der Waals surface area (Å²) < 4.78 is 23.9. The number of halogens is 1. The maximum atomic E-state index is 13.2. The van der Waals surface area contributed by atoms with E-state index in [-0.39, 0.29) is 36.4 Å². The van der Waals surface area contributed by atoms with Crippen molar-refractivity contribution in [1.29, 1.82) is 0 Å². The molecule has 8 nitrogen and oxygen atoms in total. The summed E-state index contributed by atoms with van der Waals surface area (Å²) in [5.41, 5.74) is 1.14. The zero-order valence-corrected chi connectivity index (χ0v) is 19.9. The van der Waals surface area contributed by atoms with E-state index in [1.165, 1.54) is 12.1 Å². The topological polar surface area (TPSA) is 91.9 Å². The Morgan fingerprint density at radius 3 is 2.43 bits per heavy atom. The first kappa shape index (κ1) is 23.3. The van der Waals surface area contributed by atoms with Crippen LogP contribution in [-0.2, 0) is 4.79 Å². The van der Waals surface area contributed by atoms with Gasteiger partial charge < -0.3 is 30.3 Å². The van der Waals surface area contributed by atoms with Crippen LogP contribution in [0.1, 0.15) is 36.0 Å². The number of thiocarbonyl (C=S) groups is 1. The first-order chi connectivity index (χ1) is 17.0. The molecule has 1 aliphatic carbocycles. The van der Waals surface area contributed by atoms with E-state index < -0.39 is 6.04 Å². The van der Waals surface area contributed by atoms with E-state index in [4.69, 9.17) is 21.7 Å².